The van der Waals surface area contributed by atoms with Gasteiger partial charge in [0.15, 0.2) is 0 Å². The van der Waals surface area contributed by atoms with E-state index in [0.29, 0.717) is 12.1 Å². The van der Waals surface area contributed by atoms with Crippen LogP contribution in [0.5, 0.6) is 0 Å². The standard InChI is InChI=1S/C15H21N3O/c1-3-5-10-18(4-2)15(19)12-17-14-8-6-13(11-16)7-9-14/h6-9,17H,3-5,10,12H2,1-2H3. The van der Waals surface area contributed by atoms with Gasteiger partial charge < -0.3 is 10.2 Å². The Balaban J connectivity index is 2.45. The van der Waals surface area contributed by atoms with Crippen molar-refractivity contribution in [3.8, 4) is 6.07 Å². The zero-order valence-electron chi connectivity index (χ0n) is 11.6. The van der Waals surface area contributed by atoms with E-state index in [2.05, 4.69) is 18.3 Å². The lowest BCUT2D eigenvalue weighted by molar-refractivity contribution is -0.129. The van der Waals surface area contributed by atoms with Crippen molar-refractivity contribution in [2.24, 2.45) is 0 Å². The van der Waals surface area contributed by atoms with Crippen molar-refractivity contribution in [3.05, 3.63) is 29.8 Å². The summed E-state index contributed by atoms with van der Waals surface area (Å²) >= 11 is 0. The number of nitriles is 1. The number of benzene rings is 1. The minimum absolute atomic E-state index is 0.111. The molecule has 1 rings (SSSR count). The molecule has 0 atom stereocenters. The lowest BCUT2D eigenvalue weighted by Gasteiger charge is -2.21. The van der Waals surface area contributed by atoms with E-state index in [9.17, 15) is 4.79 Å². The van der Waals surface area contributed by atoms with Gasteiger partial charge in [-0.2, -0.15) is 5.26 Å². The van der Waals surface area contributed by atoms with Crippen LogP contribution in [0.25, 0.3) is 0 Å². The molecule has 0 fully saturated rings. The number of carbonyl (C=O) groups is 1. The first kappa shape index (κ1) is 15.0. The van der Waals surface area contributed by atoms with Gasteiger partial charge in [0, 0.05) is 18.8 Å². The van der Waals surface area contributed by atoms with Crippen molar-refractivity contribution in [1.82, 2.24) is 4.90 Å². The van der Waals surface area contributed by atoms with Crippen molar-refractivity contribution in [3.63, 3.8) is 0 Å². The van der Waals surface area contributed by atoms with Crippen molar-refractivity contribution >= 4 is 11.6 Å². The van der Waals surface area contributed by atoms with Gasteiger partial charge in [-0.25, -0.2) is 0 Å². The first-order valence-electron chi connectivity index (χ1n) is 6.73. The maximum atomic E-state index is 12.0. The second-order valence-corrected chi connectivity index (χ2v) is 4.37. The Bertz CT molecular complexity index is 434. The molecule has 0 spiro atoms. The average molecular weight is 259 g/mol. The van der Waals surface area contributed by atoms with Crippen molar-refractivity contribution in [2.75, 3.05) is 25.0 Å². The van der Waals surface area contributed by atoms with Crippen LogP contribution in [0, 0.1) is 11.3 Å². The van der Waals surface area contributed by atoms with Crippen LogP contribution in [-0.2, 0) is 4.79 Å². The predicted octanol–water partition coefficient (Wildman–Crippen LogP) is 2.62. The molecule has 0 radical (unpaired) electrons. The number of anilines is 1. The van der Waals surface area contributed by atoms with Gasteiger partial charge in [-0.15, -0.1) is 0 Å². The van der Waals surface area contributed by atoms with E-state index in [1.54, 1.807) is 12.1 Å². The Kier molecular flexibility index (Phi) is 6.45. The normalized spacial score (nSPS) is 9.74. The topological polar surface area (TPSA) is 56.1 Å². The summed E-state index contributed by atoms with van der Waals surface area (Å²) in [6.07, 6.45) is 2.13. The number of carbonyl (C=O) groups excluding carboxylic acids is 1. The van der Waals surface area contributed by atoms with Gasteiger partial charge >= 0.3 is 0 Å². The monoisotopic (exact) mass is 259 g/mol. The fourth-order valence-electron chi connectivity index (χ4n) is 1.76. The number of rotatable bonds is 7. The zero-order valence-corrected chi connectivity index (χ0v) is 11.6. The highest BCUT2D eigenvalue weighted by molar-refractivity contribution is 5.80. The molecule has 0 saturated carbocycles. The average Bonchev–Trinajstić information content (AvgIpc) is 2.46. The number of hydrogen-bond donors (Lipinski definition) is 1. The second kappa shape index (κ2) is 8.15. The third-order valence-corrected chi connectivity index (χ3v) is 2.97. The van der Waals surface area contributed by atoms with E-state index < -0.39 is 0 Å². The maximum absolute atomic E-state index is 12.0. The highest BCUT2D eigenvalue weighted by atomic mass is 16.2. The molecule has 1 N–H and O–H groups in total. The van der Waals surface area contributed by atoms with Gasteiger partial charge in [-0.1, -0.05) is 13.3 Å². The number of unbranched alkanes of at least 4 members (excludes halogenated alkanes) is 1. The molecule has 1 aromatic rings. The molecule has 0 aliphatic carbocycles. The summed E-state index contributed by atoms with van der Waals surface area (Å²) in [6, 6.07) is 9.17. The lowest BCUT2D eigenvalue weighted by atomic mass is 10.2. The fraction of sp³-hybridized carbons (Fsp3) is 0.467. The summed E-state index contributed by atoms with van der Waals surface area (Å²) in [7, 11) is 0. The number of amides is 1. The molecule has 0 heterocycles. The molecule has 1 amide bonds. The van der Waals surface area contributed by atoms with Crippen LogP contribution in [0.3, 0.4) is 0 Å². The predicted molar refractivity (Wildman–Crippen MR) is 76.8 cm³/mol. The highest BCUT2D eigenvalue weighted by Gasteiger charge is 2.10. The molecule has 0 aliphatic rings. The Labute approximate surface area is 115 Å². The molecule has 19 heavy (non-hydrogen) atoms. The van der Waals surface area contributed by atoms with Crippen LogP contribution >= 0.6 is 0 Å². The largest absolute Gasteiger partial charge is 0.376 e. The molecule has 4 heteroatoms. The quantitative estimate of drug-likeness (QED) is 0.819. The van der Waals surface area contributed by atoms with E-state index in [-0.39, 0.29) is 5.91 Å². The number of nitrogens with one attached hydrogen (secondary N) is 1. The van der Waals surface area contributed by atoms with Gasteiger partial charge in [-0.3, -0.25) is 4.79 Å². The molecule has 0 bridgehead atoms. The minimum Gasteiger partial charge on any atom is -0.376 e. The van der Waals surface area contributed by atoms with Crippen LogP contribution in [0.15, 0.2) is 24.3 Å². The SMILES string of the molecule is CCCCN(CC)C(=O)CNc1ccc(C#N)cc1. The smallest absolute Gasteiger partial charge is 0.241 e. The number of likely N-dealkylation sites (N-methyl/N-ethyl adjacent to an activating group) is 1. The van der Waals surface area contributed by atoms with Crippen LogP contribution in [-0.4, -0.2) is 30.4 Å². The number of nitrogens with zero attached hydrogens (tertiary/aromatic N) is 2. The van der Waals surface area contributed by atoms with E-state index in [1.807, 2.05) is 24.0 Å². The Hall–Kier alpha value is -2.02. The van der Waals surface area contributed by atoms with Crippen molar-refractivity contribution in [1.29, 1.82) is 5.26 Å². The zero-order chi connectivity index (χ0) is 14.1. The first-order valence-corrected chi connectivity index (χ1v) is 6.73. The summed E-state index contributed by atoms with van der Waals surface area (Å²) in [5, 5.41) is 11.8. The molecular weight excluding hydrogens is 238 g/mol. The summed E-state index contributed by atoms with van der Waals surface area (Å²) in [6.45, 7) is 5.97. The van der Waals surface area contributed by atoms with Crippen LogP contribution in [0.2, 0.25) is 0 Å². The van der Waals surface area contributed by atoms with Crippen molar-refractivity contribution in [2.45, 2.75) is 26.7 Å². The van der Waals surface area contributed by atoms with Crippen LogP contribution < -0.4 is 5.32 Å². The van der Waals surface area contributed by atoms with E-state index in [0.717, 1.165) is 31.6 Å². The number of hydrogen-bond acceptors (Lipinski definition) is 3. The second-order valence-electron chi connectivity index (χ2n) is 4.37. The Morgan fingerprint density at radius 3 is 2.53 bits per heavy atom. The van der Waals surface area contributed by atoms with Crippen molar-refractivity contribution < 1.29 is 4.79 Å². The minimum atomic E-state index is 0.111. The van der Waals surface area contributed by atoms with E-state index >= 15 is 0 Å². The van der Waals surface area contributed by atoms with Gasteiger partial charge in [0.05, 0.1) is 18.2 Å². The maximum Gasteiger partial charge on any atom is 0.241 e. The van der Waals surface area contributed by atoms with Gasteiger partial charge in [-0.05, 0) is 37.6 Å². The van der Waals surface area contributed by atoms with E-state index in [1.165, 1.54) is 0 Å². The summed E-state index contributed by atoms with van der Waals surface area (Å²) in [4.78, 5) is 13.8. The molecule has 102 valence electrons. The first-order chi connectivity index (χ1) is 9.21. The Morgan fingerprint density at radius 1 is 1.32 bits per heavy atom. The lowest BCUT2D eigenvalue weighted by Crippen LogP contribution is -2.36. The molecule has 0 aliphatic heterocycles. The fourth-order valence-corrected chi connectivity index (χ4v) is 1.76. The molecule has 4 nitrogen and oxygen atoms in total. The molecule has 1 aromatic carbocycles. The molecular formula is C15H21N3O. The summed E-state index contributed by atoms with van der Waals surface area (Å²) < 4.78 is 0. The highest BCUT2D eigenvalue weighted by Crippen LogP contribution is 2.08. The van der Waals surface area contributed by atoms with Crippen LogP contribution in [0.1, 0.15) is 32.3 Å². The van der Waals surface area contributed by atoms with Crippen LogP contribution in [0.4, 0.5) is 5.69 Å². The van der Waals surface area contributed by atoms with Gasteiger partial charge in [0.1, 0.15) is 0 Å². The third-order valence-electron chi connectivity index (χ3n) is 2.97. The van der Waals surface area contributed by atoms with Gasteiger partial charge in [0.25, 0.3) is 0 Å². The molecule has 0 unspecified atom stereocenters. The molecule has 0 saturated heterocycles. The summed E-state index contributed by atoms with van der Waals surface area (Å²) in [5.41, 5.74) is 1.48. The Morgan fingerprint density at radius 2 is 2.00 bits per heavy atom. The third kappa shape index (κ3) is 5.01. The molecule has 0 aromatic heterocycles. The van der Waals surface area contributed by atoms with Gasteiger partial charge in [0.2, 0.25) is 5.91 Å². The summed E-state index contributed by atoms with van der Waals surface area (Å²) in [5.74, 6) is 0.111. The van der Waals surface area contributed by atoms with E-state index in [4.69, 9.17) is 5.26 Å².